The van der Waals surface area contributed by atoms with E-state index in [4.69, 9.17) is 17.3 Å². The lowest BCUT2D eigenvalue weighted by atomic mass is 10.1. The predicted molar refractivity (Wildman–Crippen MR) is 59.2 cm³/mol. The van der Waals surface area contributed by atoms with Crippen LogP contribution in [0, 0.1) is 6.92 Å². The predicted octanol–water partition coefficient (Wildman–Crippen LogP) is 0.132. The third kappa shape index (κ3) is 1.45. The molecule has 0 aliphatic rings. The van der Waals surface area contributed by atoms with E-state index in [0.29, 0.717) is 11.5 Å². The first kappa shape index (κ1) is 9.32. The molecule has 0 fully saturated rings. The second-order valence-corrected chi connectivity index (χ2v) is 3.34. The van der Waals surface area contributed by atoms with Crippen molar-refractivity contribution in [3.05, 3.63) is 23.8 Å². The summed E-state index contributed by atoms with van der Waals surface area (Å²) in [4.78, 5) is 0. The summed E-state index contributed by atoms with van der Waals surface area (Å²) in [5.41, 5.74) is 13.7. The molecule has 1 aromatic heterocycles. The second-order valence-electron chi connectivity index (χ2n) is 3.34. The third-order valence-electron chi connectivity index (χ3n) is 2.17. The minimum atomic E-state index is 0.158. The molecule has 1 heterocycles. The molecule has 2 rings (SSSR count). The van der Waals surface area contributed by atoms with Gasteiger partial charge in [0, 0.05) is 11.3 Å². The van der Waals surface area contributed by atoms with Crippen LogP contribution in [0.25, 0.3) is 11.4 Å². The van der Waals surface area contributed by atoms with Crippen LogP contribution in [0.2, 0.25) is 0 Å². The van der Waals surface area contributed by atoms with Gasteiger partial charge in [0.15, 0.2) is 5.82 Å². The van der Waals surface area contributed by atoms with Gasteiger partial charge in [0.1, 0.15) is 0 Å². The van der Waals surface area contributed by atoms with Gasteiger partial charge in [-0.05, 0) is 19.1 Å². The normalized spacial score (nSPS) is 10.5. The Bertz CT molecular complexity index is 501. The second kappa shape index (κ2) is 3.16. The van der Waals surface area contributed by atoms with Crippen LogP contribution in [0.3, 0.4) is 0 Å². The maximum Gasteiger partial charge on any atom is 0.241 e. The van der Waals surface area contributed by atoms with E-state index in [0.717, 1.165) is 11.1 Å². The molecule has 15 heavy (non-hydrogen) atoms. The molecule has 0 unspecified atom stereocenters. The average Bonchev–Trinajstić information content (AvgIpc) is 2.52. The van der Waals surface area contributed by atoms with Crippen molar-refractivity contribution in [1.82, 2.24) is 14.9 Å². The Labute approximate surface area is 86.7 Å². The van der Waals surface area contributed by atoms with E-state index in [-0.39, 0.29) is 5.95 Å². The molecule has 0 aliphatic carbocycles. The van der Waals surface area contributed by atoms with Crippen LogP contribution in [-0.2, 0) is 0 Å². The van der Waals surface area contributed by atoms with Gasteiger partial charge in [-0.3, -0.25) is 0 Å². The van der Waals surface area contributed by atoms with Gasteiger partial charge >= 0.3 is 0 Å². The molecule has 6 nitrogen and oxygen atoms in total. The summed E-state index contributed by atoms with van der Waals surface area (Å²) in [6.45, 7) is 1.96. The molecular formula is C9H12N6. The summed E-state index contributed by atoms with van der Waals surface area (Å²) in [5, 5.41) is 7.54. The highest BCUT2D eigenvalue weighted by atomic mass is 15.4. The summed E-state index contributed by atoms with van der Waals surface area (Å²) in [7, 11) is 0. The molecule has 0 atom stereocenters. The minimum Gasteiger partial charge on any atom is -0.398 e. The van der Waals surface area contributed by atoms with Crippen LogP contribution in [-0.4, -0.2) is 14.9 Å². The maximum atomic E-state index is 5.82. The Morgan fingerprint density at radius 1 is 1.20 bits per heavy atom. The molecule has 0 aliphatic heterocycles. The van der Waals surface area contributed by atoms with Crippen LogP contribution in [0.1, 0.15) is 5.56 Å². The Kier molecular flexibility index (Phi) is 1.96. The van der Waals surface area contributed by atoms with Gasteiger partial charge in [0.05, 0.1) is 0 Å². The molecule has 1 aromatic carbocycles. The number of hydrogen-bond acceptors (Lipinski definition) is 5. The van der Waals surface area contributed by atoms with Gasteiger partial charge in [-0.25, -0.2) is 4.68 Å². The molecule has 78 valence electrons. The fourth-order valence-corrected chi connectivity index (χ4v) is 1.35. The Morgan fingerprint density at radius 2 is 1.93 bits per heavy atom. The first-order chi connectivity index (χ1) is 7.09. The summed E-state index contributed by atoms with van der Waals surface area (Å²) in [6, 6.07) is 5.61. The van der Waals surface area contributed by atoms with E-state index in [9.17, 15) is 0 Å². The smallest absolute Gasteiger partial charge is 0.241 e. The zero-order valence-electron chi connectivity index (χ0n) is 8.31. The van der Waals surface area contributed by atoms with E-state index in [1.807, 2.05) is 19.1 Å². The summed E-state index contributed by atoms with van der Waals surface area (Å²) < 4.78 is 1.21. The zero-order valence-corrected chi connectivity index (χ0v) is 8.31. The lowest BCUT2D eigenvalue weighted by Gasteiger charge is -2.05. The zero-order chi connectivity index (χ0) is 11.0. The Hall–Kier alpha value is -2.24. The highest BCUT2D eigenvalue weighted by Gasteiger charge is 2.11. The standard InChI is InChI=1S/C9H12N6/c1-5-2-3-7(10)6(4-5)8-13-14-9(11)15(8)12/h2-4H,10,12H2,1H3,(H2,11,14). The monoisotopic (exact) mass is 204 g/mol. The van der Waals surface area contributed by atoms with Gasteiger partial charge in [-0.1, -0.05) is 11.6 Å². The topological polar surface area (TPSA) is 109 Å². The van der Waals surface area contributed by atoms with Gasteiger partial charge in [0.2, 0.25) is 5.95 Å². The van der Waals surface area contributed by atoms with Crippen molar-refractivity contribution in [2.24, 2.45) is 0 Å². The number of aromatic nitrogens is 3. The van der Waals surface area contributed by atoms with Crippen molar-refractivity contribution in [1.29, 1.82) is 0 Å². The summed E-state index contributed by atoms with van der Waals surface area (Å²) >= 11 is 0. The Morgan fingerprint density at radius 3 is 2.53 bits per heavy atom. The van der Waals surface area contributed by atoms with Crippen molar-refractivity contribution in [2.45, 2.75) is 6.92 Å². The van der Waals surface area contributed by atoms with Gasteiger partial charge in [-0.15, -0.1) is 10.2 Å². The number of nitrogens with zero attached hydrogens (tertiary/aromatic N) is 3. The number of hydrogen-bond donors (Lipinski definition) is 3. The van der Waals surface area contributed by atoms with Crippen LogP contribution in [0.5, 0.6) is 0 Å². The maximum absolute atomic E-state index is 5.82. The summed E-state index contributed by atoms with van der Waals surface area (Å²) in [5.74, 6) is 6.29. The highest BCUT2D eigenvalue weighted by molar-refractivity contribution is 5.73. The molecule has 2 aromatic rings. The molecule has 6 N–H and O–H groups in total. The van der Waals surface area contributed by atoms with Gasteiger partial charge < -0.3 is 17.3 Å². The van der Waals surface area contributed by atoms with Crippen LogP contribution >= 0.6 is 0 Å². The first-order valence-electron chi connectivity index (χ1n) is 4.42. The number of anilines is 2. The molecular weight excluding hydrogens is 192 g/mol. The van der Waals surface area contributed by atoms with Crippen LogP contribution in [0.4, 0.5) is 11.6 Å². The highest BCUT2D eigenvalue weighted by Crippen LogP contribution is 2.24. The lowest BCUT2D eigenvalue weighted by molar-refractivity contribution is 1.02. The molecule has 6 heteroatoms. The molecule has 0 bridgehead atoms. The van der Waals surface area contributed by atoms with Crippen LogP contribution < -0.4 is 17.3 Å². The van der Waals surface area contributed by atoms with E-state index in [1.165, 1.54) is 4.68 Å². The van der Waals surface area contributed by atoms with Gasteiger partial charge in [-0.2, -0.15) is 0 Å². The van der Waals surface area contributed by atoms with Crippen molar-refractivity contribution in [3.8, 4) is 11.4 Å². The SMILES string of the molecule is Cc1ccc(N)c(-c2nnc(N)n2N)c1. The van der Waals surface area contributed by atoms with E-state index >= 15 is 0 Å². The first-order valence-corrected chi connectivity index (χ1v) is 4.42. The quantitative estimate of drug-likeness (QED) is 0.452. The average molecular weight is 204 g/mol. The van der Waals surface area contributed by atoms with Crippen molar-refractivity contribution >= 4 is 11.6 Å². The number of rotatable bonds is 1. The molecule has 0 saturated carbocycles. The number of benzene rings is 1. The lowest BCUT2D eigenvalue weighted by Crippen LogP contribution is -2.13. The molecule has 0 radical (unpaired) electrons. The van der Waals surface area contributed by atoms with Crippen molar-refractivity contribution < 1.29 is 0 Å². The number of aryl methyl sites for hydroxylation is 1. The fourth-order valence-electron chi connectivity index (χ4n) is 1.35. The minimum absolute atomic E-state index is 0.158. The van der Waals surface area contributed by atoms with E-state index < -0.39 is 0 Å². The molecule has 0 saturated heterocycles. The van der Waals surface area contributed by atoms with E-state index in [1.54, 1.807) is 6.07 Å². The third-order valence-corrected chi connectivity index (χ3v) is 2.17. The largest absolute Gasteiger partial charge is 0.398 e. The number of nitrogen functional groups attached to an aromatic ring is 3. The molecule has 0 spiro atoms. The van der Waals surface area contributed by atoms with Crippen LogP contribution in [0.15, 0.2) is 18.2 Å². The summed E-state index contributed by atoms with van der Waals surface area (Å²) in [6.07, 6.45) is 0. The molecule has 0 amide bonds. The van der Waals surface area contributed by atoms with Crippen molar-refractivity contribution in [2.75, 3.05) is 17.3 Å². The Balaban J connectivity index is 2.63. The van der Waals surface area contributed by atoms with E-state index in [2.05, 4.69) is 10.2 Å². The van der Waals surface area contributed by atoms with Crippen molar-refractivity contribution in [3.63, 3.8) is 0 Å². The number of nitrogens with two attached hydrogens (primary N) is 3. The van der Waals surface area contributed by atoms with Gasteiger partial charge in [0.25, 0.3) is 0 Å². The fraction of sp³-hybridized carbons (Fsp3) is 0.111.